The van der Waals surface area contributed by atoms with Gasteiger partial charge in [0, 0.05) is 29.3 Å². The van der Waals surface area contributed by atoms with Crippen LogP contribution in [-0.2, 0) is 11.2 Å². The van der Waals surface area contributed by atoms with E-state index in [0.717, 1.165) is 5.56 Å². The normalized spacial score (nSPS) is 12.7. The van der Waals surface area contributed by atoms with Crippen molar-refractivity contribution in [3.05, 3.63) is 59.4 Å². The van der Waals surface area contributed by atoms with Crippen molar-refractivity contribution in [1.29, 1.82) is 0 Å². The first kappa shape index (κ1) is 16.5. The van der Waals surface area contributed by atoms with Gasteiger partial charge in [0.25, 0.3) is 0 Å². The number of benzene rings is 1. The minimum atomic E-state index is -0.551. The van der Waals surface area contributed by atoms with Crippen molar-refractivity contribution in [3.8, 4) is 5.75 Å². The van der Waals surface area contributed by atoms with Crippen molar-refractivity contribution in [2.24, 2.45) is 5.41 Å². The van der Waals surface area contributed by atoms with E-state index in [9.17, 15) is 4.79 Å². The van der Waals surface area contributed by atoms with Crippen LogP contribution in [-0.4, -0.2) is 16.9 Å². The largest absolute Gasteiger partial charge is 0.482 e. The van der Waals surface area contributed by atoms with Crippen LogP contribution in [0.2, 0.25) is 5.02 Å². The number of hydrogen-bond acceptors (Lipinski definition) is 3. The number of halogens is 1. The second kappa shape index (κ2) is 6.93. The quantitative estimate of drug-likeness (QED) is 0.823. The monoisotopic (exact) mass is 317 g/mol. The molecule has 2 rings (SSSR count). The van der Waals surface area contributed by atoms with Gasteiger partial charge in [0.05, 0.1) is 0 Å². The molecular weight excluding hydrogens is 298 g/mol. The topological polar surface area (TPSA) is 39.2 Å². The van der Waals surface area contributed by atoms with E-state index in [1.54, 1.807) is 36.7 Å². The van der Waals surface area contributed by atoms with Crippen LogP contribution in [0.4, 0.5) is 0 Å². The summed E-state index contributed by atoms with van der Waals surface area (Å²) in [5.41, 5.74) is 0.498. The number of rotatable bonds is 5. The maximum Gasteiger partial charge on any atom is 0.178 e. The summed E-state index contributed by atoms with van der Waals surface area (Å²) in [6.45, 7) is 5.70. The highest BCUT2D eigenvalue weighted by molar-refractivity contribution is 6.30. The maximum absolute atomic E-state index is 12.7. The van der Waals surface area contributed by atoms with E-state index in [1.807, 2.05) is 32.9 Å². The van der Waals surface area contributed by atoms with E-state index in [-0.39, 0.29) is 5.78 Å². The number of ether oxygens (including phenoxy) is 1. The van der Waals surface area contributed by atoms with Crippen LogP contribution >= 0.6 is 11.6 Å². The van der Waals surface area contributed by atoms with Crippen LogP contribution in [0.1, 0.15) is 26.3 Å². The van der Waals surface area contributed by atoms with E-state index in [2.05, 4.69) is 4.98 Å². The Labute approximate surface area is 136 Å². The van der Waals surface area contributed by atoms with Crippen LogP contribution in [0.3, 0.4) is 0 Å². The molecule has 0 aliphatic heterocycles. The zero-order valence-electron chi connectivity index (χ0n) is 13.0. The predicted octanol–water partition coefficient (Wildman–Crippen LogP) is 4.34. The Hall–Kier alpha value is -1.87. The third-order valence-corrected chi connectivity index (χ3v) is 3.52. The first-order valence-electron chi connectivity index (χ1n) is 7.22. The number of hydrogen-bond donors (Lipinski definition) is 0. The van der Waals surface area contributed by atoms with Gasteiger partial charge in [-0.05, 0) is 35.9 Å². The average Bonchev–Trinajstić information content (AvgIpc) is 2.48. The van der Waals surface area contributed by atoms with Crippen molar-refractivity contribution in [3.63, 3.8) is 0 Å². The summed E-state index contributed by atoms with van der Waals surface area (Å²) >= 11 is 5.88. The summed E-state index contributed by atoms with van der Waals surface area (Å²) in [7, 11) is 0. The molecule has 1 atom stereocenters. The van der Waals surface area contributed by atoms with Gasteiger partial charge >= 0.3 is 0 Å². The van der Waals surface area contributed by atoms with Gasteiger partial charge in [0.1, 0.15) is 5.75 Å². The van der Waals surface area contributed by atoms with Crippen LogP contribution in [0.25, 0.3) is 0 Å². The molecule has 0 radical (unpaired) electrons. The minimum absolute atomic E-state index is 0.0614. The Morgan fingerprint density at radius 1 is 1.23 bits per heavy atom. The molecule has 22 heavy (non-hydrogen) atoms. The van der Waals surface area contributed by atoms with Crippen molar-refractivity contribution in [1.82, 2.24) is 4.98 Å². The SMILES string of the molecule is CC(C)(C)C(=O)C(Cc1cccnc1)Oc1ccc(Cl)cc1. The number of carbonyl (C=O) groups excluding carboxylic acids is 1. The van der Waals surface area contributed by atoms with Crippen LogP contribution in [0.15, 0.2) is 48.8 Å². The Morgan fingerprint density at radius 2 is 1.91 bits per heavy atom. The summed E-state index contributed by atoms with van der Waals surface area (Å²) in [5.74, 6) is 0.696. The van der Waals surface area contributed by atoms with Crippen LogP contribution < -0.4 is 4.74 Å². The van der Waals surface area contributed by atoms with Gasteiger partial charge in [0.15, 0.2) is 11.9 Å². The van der Waals surface area contributed by atoms with Crippen LogP contribution in [0.5, 0.6) is 5.75 Å². The molecule has 3 nitrogen and oxygen atoms in total. The lowest BCUT2D eigenvalue weighted by Crippen LogP contribution is -2.38. The molecule has 1 aromatic carbocycles. The van der Waals surface area contributed by atoms with Gasteiger partial charge < -0.3 is 4.74 Å². The van der Waals surface area contributed by atoms with Crippen molar-refractivity contribution < 1.29 is 9.53 Å². The summed E-state index contributed by atoms with van der Waals surface area (Å²) in [6, 6.07) is 10.8. The molecule has 0 spiro atoms. The second-order valence-corrected chi connectivity index (χ2v) is 6.68. The summed E-state index contributed by atoms with van der Waals surface area (Å²) in [6.07, 6.45) is 3.41. The molecular formula is C18H20ClNO2. The molecule has 116 valence electrons. The lowest BCUT2D eigenvalue weighted by Gasteiger charge is -2.25. The molecule has 0 bridgehead atoms. The molecule has 0 fully saturated rings. The first-order valence-corrected chi connectivity index (χ1v) is 7.59. The highest BCUT2D eigenvalue weighted by Gasteiger charge is 2.31. The van der Waals surface area contributed by atoms with Crippen molar-refractivity contribution >= 4 is 17.4 Å². The first-order chi connectivity index (χ1) is 10.4. The molecule has 0 N–H and O–H groups in total. The summed E-state index contributed by atoms with van der Waals surface area (Å²) in [5, 5.41) is 0.637. The number of Topliss-reactive ketones (excluding diaryl/α,β-unsaturated/α-hetero) is 1. The predicted molar refractivity (Wildman–Crippen MR) is 88.3 cm³/mol. The highest BCUT2D eigenvalue weighted by Crippen LogP contribution is 2.24. The van der Waals surface area contributed by atoms with Gasteiger partial charge in [-0.3, -0.25) is 9.78 Å². The lowest BCUT2D eigenvalue weighted by atomic mass is 9.85. The third kappa shape index (κ3) is 4.57. The number of aromatic nitrogens is 1. The standard InChI is InChI=1S/C18H20ClNO2/c1-18(2,3)17(21)16(11-13-5-4-10-20-12-13)22-15-8-6-14(19)7-9-15/h4-10,12,16H,11H2,1-3H3. The van der Waals surface area contributed by atoms with Gasteiger partial charge in [-0.15, -0.1) is 0 Å². The highest BCUT2D eigenvalue weighted by atomic mass is 35.5. The number of carbonyl (C=O) groups is 1. The van der Waals surface area contributed by atoms with Crippen LogP contribution in [0, 0.1) is 5.41 Å². The fourth-order valence-corrected chi connectivity index (χ4v) is 2.21. The Bertz CT molecular complexity index is 618. The van der Waals surface area contributed by atoms with E-state index in [0.29, 0.717) is 17.2 Å². The van der Waals surface area contributed by atoms with E-state index >= 15 is 0 Å². The van der Waals surface area contributed by atoms with Gasteiger partial charge in [-0.2, -0.15) is 0 Å². The fourth-order valence-electron chi connectivity index (χ4n) is 2.08. The fraction of sp³-hybridized carbons (Fsp3) is 0.333. The molecule has 1 unspecified atom stereocenters. The number of ketones is 1. The van der Waals surface area contributed by atoms with E-state index < -0.39 is 11.5 Å². The van der Waals surface area contributed by atoms with E-state index in [4.69, 9.17) is 16.3 Å². The Balaban J connectivity index is 2.21. The third-order valence-electron chi connectivity index (χ3n) is 3.27. The number of nitrogens with zero attached hydrogens (tertiary/aromatic N) is 1. The molecule has 0 aliphatic rings. The molecule has 0 saturated carbocycles. The second-order valence-electron chi connectivity index (χ2n) is 6.24. The van der Waals surface area contributed by atoms with Gasteiger partial charge in [-0.1, -0.05) is 38.4 Å². The molecule has 1 heterocycles. The van der Waals surface area contributed by atoms with E-state index in [1.165, 1.54) is 0 Å². The molecule has 0 saturated heterocycles. The average molecular weight is 318 g/mol. The smallest absolute Gasteiger partial charge is 0.178 e. The molecule has 1 aromatic heterocycles. The Kier molecular flexibility index (Phi) is 5.19. The summed E-state index contributed by atoms with van der Waals surface area (Å²) in [4.78, 5) is 16.8. The zero-order chi connectivity index (χ0) is 16.2. The van der Waals surface area contributed by atoms with Crippen molar-refractivity contribution in [2.45, 2.75) is 33.3 Å². The maximum atomic E-state index is 12.7. The van der Waals surface area contributed by atoms with Gasteiger partial charge in [-0.25, -0.2) is 0 Å². The zero-order valence-corrected chi connectivity index (χ0v) is 13.8. The van der Waals surface area contributed by atoms with Crippen molar-refractivity contribution in [2.75, 3.05) is 0 Å². The van der Waals surface area contributed by atoms with Gasteiger partial charge in [0.2, 0.25) is 0 Å². The lowest BCUT2D eigenvalue weighted by molar-refractivity contribution is -0.133. The molecule has 0 aliphatic carbocycles. The summed E-state index contributed by atoms with van der Waals surface area (Å²) < 4.78 is 5.93. The Morgan fingerprint density at radius 3 is 2.45 bits per heavy atom. The molecule has 0 amide bonds. The molecule has 4 heteroatoms. The minimum Gasteiger partial charge on any atom is -0.482 e. The number of pyridine rings is 1. The molecule has 2 aromatic rings.